The maximum Gasteiger partial charge on any atom is 0.166 e. The molecule has 2 aliphatic rings. The molecule has 1 atom stereocenters. The van der Waals surface area contributed by atoms with E-state index < -0.39 is 15.4 Å². The van der Waals surface area contributed by atoms with E-state index in [-0.39, 0.29) is 11.1 Å². The van der Waals surface area contributed by atoms with Crippen LogP contribution in [0.15, 0.2) is 30.7 Å². The van der Waals surface area contributed by atoms with Gasteiger partial charge in [0.2, 0.25) is 0 Å². The van der Waals surface area contributed by atoms with Crippen LogP contribution in [0.3, 0.4) is 0 Å². The third kappa shape index (κ3) is 3.61. The number of aromatic amines is 1. The molecular weight excluding hydrogens is 400 g/mol. The van der Waals surface area contributed by atoms with Gasteiger partial charge in [-0.1, -0.05) is 0 Å². The fraction of sp³-hybridized carbons (Fsp3) is 0.545. The summed E-state index contributed by atoms with van der Waals surface area (Å²) in [5.74, 6) is 0.397. The summed E-state index contributed by atoms with van der Waals surface area (Å²) >= 11 is 0. The van der Waals surface area contributed by atoms with Crippen molar-refractivity contribution in [3.8, 4) is 0 Å². The second kappa shape index (κ2) is 7.28. The Morgan fingerprint density at radius 3 is 2.77 bits per heavy atom. The van der Waals surface area contributed by atoms with Crippen molar-refractivity contribution in [2.24, 2.45) is 0 Å². The zero-order valence-electron chi connectivity index (χ0n) is 17.2. The summed E-state index contributed by atoms with van der Waals surface area (Å²) in [7, 11) is -3.20. The molecule has 3 aromatic rings. The van der Waals surface area contributed by atoms with E-state index in [4.69, 9.17) is 0 Å². The lowest BCUT2D eigenvalue weighted by Gasteiger charge is -2.30. The Morgan fingerprint density at radius 2 is 2.03 bits per heavy atom. The van der Waals surface area contributed by atoms with Crippen LogP contribution in [0.4, 0.5) is 0 Å². The number of rotatable bonds is 4. The summed E-state index contributed by atoms with van der Waals surface area (Å²) in [5.41, 5.74) is 2.23. The maximum absolute atomic E-state index is 13.0. The molecule has 2 fully saturated rings. The topological polar surface area (TPSA) is 99.2 Å². The highest BCUT2D eigenvalue weighted by Crippen LogP contribution is 2.40. The van der Waals surface area contributed by atoms with Crippen molar-refractivity contribution in [1.29, 1.82) is 0 Å². The van der Waals surface area contributed by atoms with Gasteiger partial charge in [0.15, 0.2) is 15.5 Å². The van der Waals surface area contributed by atoms with Crippen molar-refractivity contribution in [2.45, 2.75) is 55.8 Å². The highest BCUT2D eigenvalue weighted by Gasteiger charge is 2.37. The minimum atomic E-state index is -3.20. The van der Waals surface area contributed by atoms with Gasteiger partial charge in [0.1, 0.15) is 5.88 Å². The van der Waals surface area contributed by atoms with Crippen molar-refractivity contribution in [2.75, 3.05) is 19.0 Å². The number of nitrogens with zero attached hydrogens (tertiary/aromatic N) is 3. The van der Waals surface area contributed by atoms with E-state index in [9.17, 15) is 13.5 Å². The van der Waals surface area contributed by atoms with E-state index in [1.165, 1.54) is 5.56 Å². The summed E-state index contributed by atoms with van der Waals surface area (Å²) in [4.78, 5) is 13.9. The highest BCUT2D eigenvalue weighted by atomic mass is 32.2. The molecule has 1 aliphatic heterocycles. The average Bonchev–Trinajstić information content (AvgIpc) is 3.33. The largest absolute Gasteiger partial charge is 0.389 e. The van der Waals surface area contributed by atoms with E-state index in [1.54, 1.807) is 13.1 Å². The van der Waals surface area contributed by atoms with Crippen LogP contribution in [-0.4, -0.2) is 63.2 Å². The number of aliphatic hydroxyl groups is 1. The van der Waals surface area contributed by atoms with Gasteiger partial charge >= 0.3 is 0 Å². The normalized spacial score (nSPS) is 28.5. The van der Waals surface area contributed by atoms with E-state index >= 15 is 0 Å². The molecule has 0 radical (unpaired) electrons. The van der Waals surface area contributed by atoms with Gasteiger partial charge in [-0.25, -0.2) is 18.4 Å². The fourth-order valence-electron chi connectivity index (χ4n) is 5.27. The number of H-pyrrole nitrogens is 1. The van der Waals surface area contributed by atoms with Crippen LogP contribution in [0.5, 0.6) is 0 Å². The van der Waals surface area contributed by atoms with Gasteiger partial charge in [-0.2, -0.15) is 0 Å². The second-order valence-electron chi connectivity index (χ2n) is 9.23. The molecule has 3 aromatic heterocycles. The summed E-state index contributed by atoms with van der Waals surface area (Å²) in [6.07, 6.45) is 9.28. The molecule has 8 heteroatoms. The minimum absolute atomic E-state index is 0.0627. The Balaban J connectivity index is 1.33. The van der Waals surface area contributed by atoms with Crippen LogP contribution in [0.2, 0.25) is 0 Å². The molecule has 30 heavy (non-hydrogen) atoms. The smallest absolute Gasteiger partial charge is 0.166 e. The van der Waals surface area contributed by atoms with Gasteiger partial charge in [-0.3, -0.25) is 4.90 Å². The molecule has 0 spiro atoms. The predicted molar refractivity (Wildman–Crippen MR) is 117 cm³/mol. The first-order valence-electron chi connectivity index (χ1n) is 10.7. The van der Waals surface area contributed by atoms with Gasteiger partial charge in [0, 0.05) is 36.3 Å². The van der Waals surface area contributed by atoms with Gasteiger partial charge in [-0.05, 0) is 62.6 Å². The first kappa shape index (κ1) is 19.9. The predicted octanol–water partition coefficient (Wildman–Crippen LogP) is 2.97. The Bertz CT molecular complexity index is 1180. The summed E-state index contributed by atoms with van der Waals surface area (Å²) < 4.78 is 26.0. The zero-order valence-corrected chi connectivity index (χ0v) is 18.0. The summed E-state index contributed by atoms with van der Waals surface area (Å²) in [5, 5.41) is 12.1. The number of aromatic nitrogens is 3. The molecule has 4 heterocycles. The van der Waals surface area contributed by atoms with E-state index in [2.05, 4.69) is 21.0 Å². The third-order valence-electron chi connectivity index (χ3n) is 6.84. The van der Waals surface area contributed by atoms with Crippen molar-refractivity contribution < 1.29 is 13.5 Å². The maximum atomic E-state index is 13.0. The van der Waals surface area contributed by atoms with Crippen molar-refractivity contribution >= 4 is 31.8 Å². The molecule has 160 valence electrons. The molecule has 0 bridgehead atoms. The minimum Gasteiger partial charge on any atom is -0.389 e. The van der Waals surface area contributed by atoms with E-state index in [0.717, 1.165) is 34.8 Å². The lowest BCUT2D eigenvalue weighted by atomic mass is 9.82. The fourth-order valence-corrected chi connectivity index (χ4v) is 7.20. The lowest BCUT2D eigenvalue weighted by Crippen LogP contribution is -2.38. The van der Waals surface area contributed by atoms with Crippen molar-refractivity contribution in [3.05, 3.63) is 36.3 Å². The standard InChI is InChI=1S/C22H28N4O3S/c1-22(27)8-11-26(13-22)14-30(28,29)16-4-2-15(3-5-16)17-6-9-23-19-12-25-21-18(20(17)19)7-10-24-21/h6-7,9-10,12,15-16,23,27H,2-5,8,11,13-14H2,1H3. The molecule has 1 aliphatic carbocycles. The summed E-state index contributed by atoms with van der Waals surface area (Å²) in [6.45, 7) is 2.86. The lowest BCUT2D eigenvalue weighted by molar-refractivity contribution is 0.0710. The Morgan fingerprint density at radius 1 is 1.23 bits per heavy atom. The number of β-amino-alcohol motifs (C(OH)–C–C–N with tert-alkyl or cyclic N) is 1. The van der Waals surface area contributed by atoms with Crippen LogP contribution >= 0.6 is 0 Å². The number of fused-ring (bicyclic) bond motifs is 3. The zero-order chi connectivity index (χ0) is 20.9. The Hall–Kier alpha value is -2.03. The molecule has 0 aromatic carbocycles. The molecule has 7 nitrogen and oxygen atoms in total. The van der Waals surface area contributed by atoms with Crippen LogP contribution in [0, 0.1) is 0 Å². The first-order chi connectivity index (χ1) is 14.3. The number of nitrogens with one attached hydrogen (secondary N) is 1. The quantitative estimate of drug-likeness (QED) is 0.663. The van der Waals surface area contributed by atoms with E-state index in [1.807, 2.05) is 23.4 Å². The molecule has 5 rings (SSSR count). The Kier molecular flexibility index (Phi) is 4.83. The molecule has 1 unspecified atom stereocenters. The van der Waals surface area contributed by atoms with Crippen LogP contribution in [0.1, 0.15) is 50.5 Å². The third-order valence-corrected chi connectivity index (χ3v) is 9.05. The second-order valence-corrected chi connectivity index (χ2v) is 11.5. The van der Waals surface area contributed by atoms with Gasteiger partial charge in [0.25, 0.3) is 0 Å². The monoisotopic (exact) mass is 428 g/mol. The Labute approximate surface area is 176 Å². The van der Waals surface area contributed by atoms with Crippen LogP contribution < -0.4 is 0 Å². The SMILES string of the molecule is CC1(O)CCN(CS(=O)(=O)C2CCC(c3cc[nH]c4cnc5nccc5c34)CC2)C1. The van der Waals surface area contributed by atoms with Crippen molar-refractivity contribution in [1.82, 2.24) is 19.9 Å². The molecule has 1 saturated carbocycles. The van der Waals surface area contributed by atoms with Gasteiger partial charge in [0.05, 0.1) is 22.6 Å². The van der Waals surface area contributed by atoms with Crippen LogP contribution in [-0.2, 0) is 9.84 Å². The molecular formula is C22H28N4O3S. The van der Waals surface area contributed by atoms with E-state index in [0.29, 0.717) is 38.3 Å². The number of likely N-dealkylation sites (tertiary alicyclic amines) is 1. The summed E-state index contributed by atoms with van der Waals surface area (Å²) in [6, 6.07) is 4.13. The number of pyridine rings is 2. The van der Waals surface area contributed by atoms with Gasteiger partial charge < -0.3 is 10.1 Å². The highest BCUT2D eigenvalue weighted by molar-refractivity contribution is 7.91. The number of sulfone groups is 1. The van der Waals surface area contributed by atoms with Crippen molar-refractivity contribution in [3.63, 3.8) is 0 Å². The number of hydrogen-bond acceptors (Lipinski definition) is 6. The number of hydrogen-bond donors (Lipinski definition) is 2. The molecule has 2 N–H and O–H groups in total. The molecule has 0 amide bonds. The van der Waals surface area contributed by atoms with Crippen LogP contribution in [0.25, 0.3) is 21.9 Å². The first-order valence-corrected chi connectivity index (χ1v) is 12.4. The van der Waals surface area contributed by atoms with Gasteiger partial charge in [-0.15, -0.1) is 0 Å². The molecule has 1 saturated heterocycles. The average molecular weight is 429 g/mol.